The Morgan fingerprint density at radius 1 is 1.23 bits per heavy atom. The zero-order chi connectivity index (χ0) is 15.6. The normalized spacial score (nSPS) is 35.3. The first-order valence-electron chi connectivity index (χ1n) is 6.92. The molecule has 2 bridgehead atoms. The molecule has 112 valence electrons. The number of benzene rings is 1. The number of nitro groups is 1. The van der Waals surface area contributed by atoms with Gasteiger partial charge in [0.05, 0.1) is 34.2 Å². The van der Waals surface area contributed by atoms with Crippen molar-refractivity contribution in [3.63, 3.8) is 0 Å². The number of fused-ring (bicyclic) bond motifs is 5. The van der Waals surface area contributed by atoms with Crippen LogP contribution in [0.5, 0.6) is 0 Å². The topological polar surface area (TPSA) is 89.8 Å². The van der Waals surface area contributed by atoms with E-state index in [9.17, 15) is 19.7 Å². The molecule has 0 saturated carbocycles. The van der Waals surface area contributed by atoms with E-state index in [0.717, 1.165) is 4.90 Å². The van der Waals surface area contributed by atoms with Gasteiger partial charge in [0.2, 0.25) is 11.8 Å². The molecule has 22 heavy (non-hydrogen) atoms. The fourth-order valence-corrected chi connectivity index (χ4v) is 3.63. The molecule has 0 aromatic heterocycles. The van der Waals surface area contributed by atoms with E-state index in [1.807, 2.05) is 12.2 Å². The molecule has 2 fully saturated rings. The second-order valence-corrected chi connectivity index (χ2v) is 5.91. The van der Waals surface area contributed by atoms with Gasteiger partial charge in [0.1, 0.15) is 0 Å². The predicted octanol–water partition coefficient (Wildman–Crippen LogP) is 1.43. The maximum Gasteiger partial charge on any atom is 0.269 e. The number of nitro benzene ring substituents is 1. The Kier molecular flexibility index (Phi) is 2.40. The quantitative estimate of drug-likeness (QED) is 0.357. The summed E-state index contributed by atoms with van der Waals surface area (Å²) in [6.07, 6.45) is 3.30. The Bertz CT molecular complexity index is 741. The van der Waals surface area contributed by atoms with E-state index >= 15 is 0 Å². The number of ether oxygens (including phenoxy) is 1. The number of hydrogen-bond acceptors (Lipinski definition) is 5. The van der Waals surface area contributed by atoms with E-state index in [4.69, 9.17) is 4.74 Å². The maximum atomic E-state index is 12.7. The Morgan fingerprint density at radius 3 is 2.50 bits per heavy atom. The standard InChI is InChI=1S/C15H12N2O5/c1-15-7-6-10(22-15)11-12(15)14(19)16(13(11)18)8-2-4-9(5-3-8)17(20)21/h2-7,10-12H,1H3/t10-,11+,12+,15+/m1/s1. The molecule has 0 unspecified atom stereocenters. The Morgan fingerprint density at radius 2 is 1.91 bits per heavy atom. The van der Waals surface area contributed by atoms with Gasteiger partial charge in [-0.1, -0.05) is 12.2 Å². The molecule has 3 heterocycles. The molecule has 7 nitrogen and oxygen atoms in total. The van der Waals surface area contributed by atoms with Gasteiger partial charge in [-0.2, -0.15) is 0 Å². The first kappa shape index (κ1) is 13.1. The summed E-state index contributed by atoms with van der Waals surface area (Å²) in [4.78, 5) is 36.6. The van der Waals surface area contributed by atoms with Crippen LogP contribution >= 0.6 is 0 Å². The molecule has 4 rings (SSSR count). The highest BCUT2D eigenvalue weighted by molar-refractivity contribution is 6.23. The zero-order valence-electron chi connectivity index (χ0n) is 11.6. The largest absolute Gasteiger partial charge is 0.362 e. The third-order valence-electron chi connectivity index (χ3n) is 4.65. The Labute approximate surface area is 125 Å². The summed E-state index contributed by atoms with van der Waals surface area (Å²) in [5, 5.41) is 10.7. The van der Waals surface area contributed by atoms with Gasteiger partial charge in [-0.15, -0.1) is 0 Å². The number of non-ortho nitro benzene ring substituents is 1. The SMILES string of the molecule is C[C@@]12C=C[C@@H](O1)[C@@H]1C(=O)N(c3ccc([N+](=O)[O-])cc3)C(=O)[C@H]12. The van der Waals surface area contributed by atoms with Crippen LogP contribution in [-0.4, -0.2) is 28.4 Å². The lowest BCUT2D eigenvalue weighted by atomic mass is 9.78. The van der Waals surface area contributed by atoms with Crippen LogP contribution in [0.4, 0.5) is 11.4 Å². The smallest absolute Gasteiger partial charge is 0.269 e. The molecule has 1 aromatic rings. The van der Waals surface area contributed by atoms with Gasteiger partial charge >= 0.3 is 0 Å². The molecular formula is C15H12N2O5. The van der Waals surface area contributed by atoms with Crippen LogP contribution in [0, 0.1) is 22.0 Å². The number of imide groups is 1. The second kappa shape index (κ2) is 4.01. The third kappa shape index (κ3) is 1.48. The van der Waals surface area contributed by atoms with E-state index < -0.39 is 22.4 Å². The molecule has 4 atom stereocenters. The van der Waals surface area contributed by atoms with Gasteiger partial charge in [-0.25, -0.2) is 4.90 Å². The van der Waals surface area contributed by atoms with Gasteiger partial charge in [-0.3, -0.25) is 19.7 Å². The van der Waals surface area contributed by atoms with E-state index in [1.54, 1.807) is 6.92 Å². The maximum absolute atomic E-state index is 12.7. The minimum Gasteiger partial charge on any atom is -0.362 e. The second-order valence-electron chi connectivity index (χ2n) is 5.91. The van der Waals surface area contributed by atoms with Crippen molar-refractivity contribution in [1.82, 2.24) is 0 Å². The Balaban J connectivity index is 1.71. The van der Waals surface area contributed by atoms with Crippen LogP contribution in [0.3, 0.4) is 0 Å². The molecule has 0 N–H and O–H groups in total. The number of carbonyl (C=O) groups is 2. The van der Waals surface area contributed by atoms with Crippen molar-refractivity contribution < 1.29 is 19.2 Å². The molecule has 0 aliphatic carbocycles. The van der Waals surface area contributed by atoms with Gasteiger partial charge in [0.15, 0.2) is 0 Å². The molecule has 3 aliphatic heterocycles. The molecule has 7 heteroatoms. The molecule has 0 spiro atoms. The van der Waals surface area contributed by atoms with Crippen LogP contribution in [0.2, 0.25) is 0 Å². The molecule has 0 radical (unpaired) electrons. The number of amides is 2. The number of rotatable bonds is 2. The minimum atomic E-state index is -0.738. The van der Waals surface area contributed by atoms with Crippen molar-refractivity contribution in [2.75, 3.05) is 4.90 Å². The lowest BCUT2D eigenvalue weighted by molar-refractivity contribution is -0.384. The monoisotopic (exact) mass is 300 g/mol. The van der Waals surface area contributed by atoms with E-state index in [-0.39, 0.29) is 23.6 Å². The number of nitrogens with zero attached hydrogens (tertiary/aromatic N) is 2. The lowest BCUT2D eigenvalue weighted by Crippen LogP contribution is -2.38. The van der Waals surface area contributed by atoms with Crippen LogP contribution in [0.1, 0.15) is 6.92 Å². The summed E-state index contributed by atoms with van der Waals surface area (Å²) in [7, 11) is 0. The third-order valence-corrected chi connectivity index (χ3v) is 4.65. The first-order chi connectivity index (χ1) is 10.4. The minimum absolute atomic E-state index is 0.0833. The summed E-state index contributed by atoms with van der Waals surface area (Å²) < 4.78 is 5.73. The predicted molar refractivity (Wildman–Crippen MR) is 75.0 cm³/mol. The summed E-state index contributed by atoms with van der Waals surface area (Å²) >= 11 is 0. The van der Waals surface area contributed by atoms with Gasteiger partial charge in [0, 0.05) is 12.1 Å². The highest BCUT2D eigenvalue weighted by Crippen LogP contribution is 2.52. The number of carbonyl (C=O) groups excluding carboxylic acids is 2. The van der Waals surface area contributed by atoms with Crippen molar-refractivity contribution >= 4 is 23.2 Å². The van der Waals surface area contributed by atoms with Crippen molar-refractivity contribution in [3.8, 4) is 0 Å². The highest BCUT2D eigenvalue weighted by atomic mass is 16.6. The van der Waals surface area contributed by atoms with Crippen molar-refractivity contribution in [3.05, 3.63) is 46.5 Å². The summed E-state index contributed by atoms with van der Waals surface area (Å²) in [5.74, 6) is -1.64. The molecule has 1 aromatic carbocycles. The summed E-state index contributed by atoms with van der Waals surface area (Å²) in [6.45, 7) is 1.80. The van der Waals surface area contributed by atoms with Crippen LogP contribution in [-0.2, 0) is 14.3 Å². The van der Waals surface area contributed by atoms with Crippen molar-refractivity contribution in [2.45, 2.75) is 18.6 Å². The van der Waals surface area contributed by atoms with Gasteiger partial charge < -0.3 is 4.74 Å². The number of hydrogen-bond donors (Lipinski definition) is 0. The van der Waals surface area contributed by atoms with E-state index in [1.165, 1.54) is 24.3 Å². The molecule has 3 aliphatic rings. The van der Waals surface area contributed by atoms with Crippen LogP contribution in [0.25, 0.3) is 0 Å². The first-order valence-corrected chi connectivity index (χ1v) is 6.92. The lowest BCUT2D eigenvalue weighted by Gasteiger charge is -2.24. The van der Waals surface area contributed by atoms with E-state index in [0.29, 0.717) is 5.69 Å². The molecule has 2 amide bonds. The Hall–Kier alpha value is -2.54. The fraction of sp³-hybridized carbons (Fsp3) is 0.333. The average molecular weight is 300 g/mol. The van der Waals surface area contributed by atoms with Crippen molar-refractivity contribution in [1.29, 1.82) is 0 Å². The zero-order valence-corrected chi connectivity index (χ0v) is 11.6. The van der Waals surface area contributed by atoms with Crippen LogP contribution in [0.15, 0.2) is 36.4 Å². The van der Waals surface area contributed by atoms with E-state index in [2.05, 4.69) is 0 Å². The highest BCUT2D eigenvalue weighted by Gasteiger charge is 2.66. The van der Waals surface area contributed by atoms with Gasteiger partial charge in [-0.05, 0) is 19.1 Å². The number of anilines is 1. The van der Waals surface area contributed by atoms with Crippen LogP contribution < -0.4 is 4.90 Å². The molecular weight excluding hydrogens is 288 g/mol. The molecule has 2 saturated heterocycles. The average Bonchev–Trinajstić information content (AvgIpc) is 3.08. The summed E-state index contributed by atoms with van der Waals surface area (Å²) in [6, 6.07) is 5.42. The summed E-state index contributed by atoms with van der Waals surface area (Å²) in [5.41, 5.74) is -0.462. The van der Waals surface area contributed by atoms with Crippen molar-refractivity contribution in [2.24, 2.45) is 11.8 Å². The van der Waals surface area contributed by atoms with Gasteiger partial charge in [0.25, 0.3) is 5.69 Å². The fourth-order valence-electron chi connectivity index (χ4n) is 3.63.